The molecule has 0 aliphatic carbocycles. The molecule has 0 unspecified atom stereocenters. The number of esters is 1. The Morgan fingerprint density at radius 1 is 1.48 bits per heavy atom. The van der Waals surface area contributed by atoms with E-state index in [0.29, 0.717) is 22.9 Å². The maximum absolute atomic E-state index is 12.1. The highest BCUT2D eigenvalue weighted by Crippen LogP contribution is 2.16. The van der Waals surface area contributed by atoms with Crippen LogP contribution in [0.2, 0.25) is 5.02 Å². The van der Waals surface area contributed by atoms with Crippen molar-refractivity contribution < 1.29 is 9.53 Å². The number of pyridine rings is 1. The summed E-state index contributed by atoms with van der Waals surface area (Å²) in [5.74, 6) is -0.275. The largest absolute Gasteiger partial charge is 0.469 e. The fourth-order valence-corrected chi connectivity index (χ4v) is 2.38. The molecule has 124 valence electrons. The van der Waals surface area contributed by atoms with Crippen molar-refractivity contribution in [3.05, 3.63) is 45.5 Å². The predicted octanol–water partition coefficient (Wildman–Crippen LogP) is 2.17. The lowest BCUT2D eigenvalue weighted by molar-refractivity contribution is -0.142. The lowest BCUT2D eigenvalue weighted by Crippen LogP contribution is -2.43. The van der Waals surface area contributed by atoms with E-state index < -0.39 is 5.54 Å². The van der Waals surface area contributed by atoms with Gasteiger partial charge in [-0.15, -0.1) is 0 Å². The zero-order valence-electron chi connectivity index (χ0n) is 13.4. The lowest BCUT2D eigenvalue weighted by Gasteiger charge is -2.28. The zero-order valence-corrected chi connectivity index (χ0v) is 14.2. The molecule has 2 rings (SSSR count). The smallest absolute Gasteiger partial charge is 0.307 e. The van der Waals surface area contributed by atoms with Gasteiger partial charge in [0.1, 0.15) is 5.65 Å². The highest BCUT2D eigenvalue weighted by atomic mass is 35.5. The van der Waals surface area contributed by atoms with Crippen LogP contribution in [0.1, 0.15) is 32.4 Å². The first kappa shape index (κ1) is 17.4. The summed E-state index contributed by atoms with van der Waals surface area (Å²) >= 11 is 5.89. The fourth-order valence-electron chi connectivity index (χ4n) is 2.22. The number of ether oxygens (including phenoxy) is 1. The first-order chi connectivity index (χ1) is 10.9. The molecule has 0 saturated carbocycles. The van der Waals surface area contributed by atoms with Crippen LogP contribution in [-0.2, 0) is 16.1 Å². The SMILES string of the molecule is CC[C@](C)(CC(=O)OC)NCc1cc(=O)n2cc(Cl)ccc2n1. The van der Waals surface area contributed by atoms with Crippen LogP contribution in [0.5, 0.6) is 0 Å². The van der Waals surface area contributed by atoms with Gasteiger partial charge in [-0.2, -0.15) is 0 Å². The number of methoxy groups -OCH3 is 1. The van der Waals surface area contributed by atoms with Gasteiger partial charge in [0.05, 0.1) is 24.2 Å². The van der Waals surface area contributed by atoms with Crippen LogP contribution >= 0.6 is 11.6 Å². The molecule has 0 aliphatic rings. The Bertz CT molecular complexity index is 775. The van der Waals surface area contributed by atoms with Gasteiger partial charge >= 0.3 is 5.97 Å². The van der Waals surface area contributed by atoms with Gasteiger partial charge in [-0.1, -0.05) is 18.5 Å². The first-order valence-electron chi connectivity index (χ1n) is 7.36. The van der Waals surface area contributed by atoms with Crippen molar-refractivity contribution in [1.82, 2.24) is 14.7 Å². The summed E-state index contributed by atoms with van der Waals surface area (Å²) in [6, 6.07) is 4.85. The average molecular weight is 338 g/mol. The second-order valence-electron chi connectivity index (χ2n) is 5.68. The van der Waals surface area contributed by atoms with Gasteiger partial charge in [0.2, 0.25) is 0 Å². The number of nitrogens with one attached hydrogen (secondary N) is 1. The molecule has 0 aliphatic heterocycles. The third kappa shape index (κ3) is 4.30. The van der Waals surface area contributed by atoms with Crippen LogP contribution in [0.15, 0.2) is 29.2 Å². The van der Waals surface area contributed by atoms with Crippen molar-refractivity contribution in [2.24, 2.45) is 0 Å². The molecule has 0 bridgehead atoms. The van der Waals surface area contributed by atoms with Crippen LogP contribution in [0.4, 0.5) is 0 Å². The molecular formula is C16H20ClN3O3. The van der Waals surface area contributed by atoms with Crippen molar-refractivity contribution in [1.29, 1.82) is 0 Å². The van der Waals surface area contributed by atoms with Crippen LogP contribution in [-0.4, -0.2) is 28.0 Å². The van der Waals surface area contributed by atoms with E-state index in [4.69, 9.17) is 16.3 Å². The van der Waals surface area contributed by atoms with Gasteiger partial charge < -0.3 is 10.1 Å². The summed E-state index contributed by atoms with van der Waals surface area (Å²) in [4.78, 5) is 28.1. The van der Waals surface area contributed by atoms with Crippen LogP contribution in [0.3, 0.4) is 0 Å². The van der Waals surface area contributed by atoms with Crippen molar-refractivity contribution in [3.8, 4) is 0 Å². The molecule has 6 nitrogen and oxygen atoms in total. The molecule has 23 heavy (non-hydrogen) atoms. The summed E-state index contributed by atoms with van der Waals surface area (Å²) in [7, 11) is 1.37. The monoisotopic (exact) mass is 337 g/mol. The number of hydrogen-bond donors (Lipinski definition) is 1. The Kier molecular flexibility index (Phi) is 5.38. The van der Waals surface area contributed by atoms with Gasteiger partial charge in [0.25, 0.3) is 5.56 Å². The minimum atomic E-state index is -0.417. The van der Waals surface area contributed by atoms with Gasteiger partial charge in [-0.3, -0.25) is 14.0 Å². The van der Waals surface area contributed by atoms with E-state index in [1.807, 2.05) is 13.8 Å². The van der Waals surface area contributed by atoms with E-state index in [9.17, 15) is 9.59 Å². The number of aromatic nitrogens is 2. The van der Waals surface area contributed by atoms with Crippen LogP contribution in [0, 0.1) is 0 Å². The topological polar surface area (TPSA) is 72.7 Å². The molecule has 0 aromatic carbocycles. The second kappa shape index (κ2) is 7.10. The molecule has 2 heterocycles. The zero-order chi connectivity index (χ0) is 17.0. The van der Waals surface area contributed by atoms with E-state index in [0.717, 1.165) is 6.42 Å². The number of rotatable bonds is 6. The van der Waals surface area contributed by atoms with Crippen LogP contribution in [0.25, 0.3) is 5.65 Å². The number of carbonyl (C=O) groups excluding carboxylic acids is 1. The Morgan fingerprint density at radius 2 is 2.22 bits per heavy atom. The Hall–Kier alpha value is -1.92. The Labute approximate surface area is 139 Å². The third-order valence-electron chi connectivity index (χ3n) is 3.92. The quantitative estimate of drug-likeness (QED) is 0.818. The van der Waals surface area contributed by atoms with Gasteiger partial charge in [-0.25, -0.2) is 4.98 Å². The number of hydrogen-bond acceptors (Lipinski definition) is 5. The second-order valence-corrected chi connectivity index (χ2v) is 6.12. The predicted molar refractivity (Wildman–Crippen MR) is 88.6 cm³/mol. The first-order valence-corrected chi connectivity index (χ1v) is 7.74. The minimum absolute atomic E-state index is 0.194. The van der Waals surface area contributed by atoms with Gasteiger partial charge in [-0.05, 0) is 25.5 Å². The molecule has 7 heteroatoms. The summed E-state index contributed by atoms with van der Waals surface area (Å²) in [6.45, 7) is 4.31. The highest BCUT2D eigenvalue weighted by Gasteiger charge is 2.25. The standard InChI is InChI=1S/C16H20ClN3O3/c1-4-16(2,8-15(22)23-3)18-9-12-7-14(21)20-10-11(17)5-6-13(20)19-12/h5-7,10,18H,4,8-9H2,1-3H3/t16-/m1/s1. The molecule has 0 radical (unpaired) electrons. The maximum atomic E-state index is 12.1. The molecule has 1 N–H and O–H groups in total. The van der Waals surface area contributed by atoms with Gasteiger partial charge in [0, 0.05) is 24.3 Å². The Morgan fingerprint density at radius 3 is 2.87 bits per heavy atom. The van der Waals surface area contributed by atoms with Crippen molar-refractivity contribution >= 4 is 23.2 Å². The fraction of sp³-hybridized carbons (Fsp3) is 0.438. The molecule has 0 saturated heterocycles. The average Bonchev–Trinajstić information content (AvgIpc) is 2.53. The third-order valence-corrected chi connectivity index (χ3v) is 4.14. The van der Waals surface area contributed by atoms with Crippen LogP contribution < -0.4 is 10.9 Å². The molecule has 2 aromatic rings. The molecule has 0 spiro atoms. The van der Waals surface area contributed by atoms with Crippen molar-refractivity contribution in [2.45, 2.75) is 38.8 Å². The number of nitrogens with zero attached hydrogens (tertiary/aromatic N) is 2. The van der Waals surface area contributed by atoms with Crippen molar-refractivity contribution in [3.63, 3.8) is 0 Å². The summed E-state index contributed by atoms with van der Waals surface area (Å²) in [6.07, 6.45) is 2.53. The van der Waals surface area contributed by atoms with E-state index in [1.165, 1.54) is 23.8 Å². The minimum Gasteiger partial charge on any atom is -0.469 e. The molecule has 1 atom stereocenters. The lowest BCUT2D eigenvalue weighted by atomic mass is 9.94. The number of fused-ring (bicyclic) bond motifs is 1. The van der Waals surface area contributed by atoms with E-state index in [1.54, 1.807) is 12.1 Å². The van der Waals surface area contributed by atoms with E-state index in [-0.39, 0.29) is 17.9 Å². The van der Waals surface area contributed by atoms with Crippen molar-refractivity contribution in [2.75, 3.05) is 7.11 Å². The summed E-state index contributed by atoms with van der Waals surface area (Å²) in [5.41, 5.74) is 0.534. The summed E-state index contributed by atoms with van der Waals surface area (Å²) in [5, 5.41) is 3.77. The number of carbonyl (C=O) groups is 1. The number of halogens is 1. The normalized spacial score (nSPS) is 13.7. The highest BCUT2D eigenvalue weighted by molar-refractivity contribution is 6.30. The molecular weight excluding hydrogens is 318 g/mol. The summed E-state index contributed by atoms with van der Waals surface area (Å²) < 4.78 is 6.13. The van der Waals surface area contributed by atoms with E-state index in [2.05, 4.69) is 10.3 Å². The molecule has 2 aromatic heterocycles. The Balaban J connectivity index is 2.20. The maximum Gasteiger partial charge on any atom is 0.307 e. The van der Waals surface area contributed by atoms with E-state index >= 15 is 0 Å². The van der Waals surface area contributed by atoms with Gasteiger partial charge in [0.15, 0.2) is 0 Å². The molecule has 0 amide bonds. The molecule has 0 fully saturated rings.